The van der Waals surface area contributed by atoms with E-state index in [-0.39, 0.29) is 11.9 Å². The highest BCUT2D eigenvalue weighted by Crippen LogP contribution is 2.28. The van der Waals surface area contributed by atoms with Crippen molar-refractivity contribution in [1.82, 2.24) is 10.3 Å². The Morgan fingerprint density at radius 1 is 0.917 bits per heavy atom. The predicted molar refractivity (Wildman–Crippen MR) is 149 cm³/mol. The van der Waals surface area contributed by atoms with E-state index in [9.17, 15) is 4.79 Å². The zero-order chi connectivity index (χ0) is 25.5. The van der Waals surface area contributed by atoms with E-state index in [2.05, 4.69) is 57.3 Å². The summed E-state index contributed by atoms with van der Waals surface area (Å²) in [5, 5.41) is 4.12. The topological polar surface area (TPSA) is 51.2 Å². The van der Waals surface area contributed by atoms with Crippen LogP contribution in [0.15, 0.2) is 78.9 Å². The standard InChI is InChI=1S/C32H36N2O2/c1-5-7-19-36-26-12-10-11-25(20-26)31-21-28(27-13-8-9-14-30(27)33-31)32(35)34-29(6-2)24-17-15-23(16-18-24)22(3)4/h8-18,20-22,29H,5-7,19H2,1-4H3,(H,34,35)/t29-/m0/s1. The molecule has 1 aromatic heterocycles. The van der Waals surface area contributed by atoms with Crippen LogP contribution in [-0.2, 0) is 0 Å². The number of nitrogens with zero attached hydrogens (tertiary/aromatic N) is 1. The monoisotopic (exact) mass is 480 g/mol. The fourth-order valence-electron chi connectivity index (χ4n) is 4.36. The van der Waals surface area contributed by atoms with Gasteiger partial charge in [0.25, 0.3) is 5.91 Å². The maximum Gasteiger partial charge on any atom is 0.252 e. The fraction of sp³-hybridized carbons (Fsp3) is 0.312. The summed E-state index contributed by atoms with van der Waals surface area (Å²) in [6.45, 7) is 9.31. The summed E-state index contributed by atoms with van der Waals surface area (Å²) in [5.74, 6) is 1.20. The molecule has 1 amide bonds. The van der Waals surface area contributed by atoms with Crippen LogP contribution in [0.3, 0.4) is 0 Å². The van der Waals surface area contributed by atoms with Gasteiger partial charge in [0.15, 0.2) is 0 Å². The lowest BCUT2D eigenvalue weighted by Crippen LogP contribution is -2.28. The predicted octanol–water partition coefficient (Wildman–Crippen LogP) is 8.09. The van der Waals surface area contributed by atoms with Crippen LogP contribution in [0.1, 0.15) is 80.4 Å². The summed E-state index contributed by atoms with van der Waals surface area (Å²) >= 11 is 0. The largest absolute Gasteiger partial charge is 0.494 e. The molecule has 4 aromatic rings. The molecule has 0 aliphatic heterocycles. The molecular formula is C32H36N2O2. The molecule has 4 nitrogen and oxygen atoms in total. The minimum absolute atomic E-state index is 0.0654. The van der Waals surface area contributed by atoms with Crippen molar-refractivity contribution >= 4 is 16.8 Å². The highest BCUT2D eigenvalue weighted by Gasteiger charge is 2.18. The Kier molecular flexibility index (Phi) is 8.37. The Balaban J connectivity index is 1.65. The van der Waals surface area contributed by atoms with E-state index in [1.54, 1.807) is 0 Å². The van der Waals surface area contributed by atoms with Gasteiger partial charge in [-0.2, -0.15) is 0 Å². The molecule has 1 atom stereocenters. The first-order chi connectivity index (χ1) is 17.5. The van der Waals surface area contributed by atoms with Crippen molar-refractivity contribution in [2.45, 2.75) is 58.9 Å². The number of fused-ring (bicyclic) bond motifs is 1. The number of pyridine rings is 1. The highest BCUT2D eigenvalue weighted by molar-refractivity contribution is 6.07. The molecule has 0 saturated carbocycles. The maximum absolute atomic E-state index is 13.6. The number of unbranched alkanes of at least 4 members (excludes halogenated alkanes) is 1. The number of rotatable bonds is 10. The third-order valence-electron chi connectivity index (χ3n) is 6.58. The molecule has 0 radical (unpaired) electrons. The van der Waals surface area contributed by atoms with Gasteiger partial charge in [-0.3, -0.25) is 4.79 Å². The lowest BCUT2D eigenvalue weighted by molar-refractivity contribution is 0.0937. The Morgan fingerprint density at radius 2 is 1.67 bits per heavy atom. The zero-order valence-corrected chi connectivity index (χ0v) is 21.8. The summed E-state index contributed by atoms with van der Waals surface area (Å²) in [6.07, 6.45) is 2.91. The molecule has 0 spiro atoms. The normalized spacial score (nSPS) is 12.0. The highest BCUT2D eigenvalue weighted by atomic mass is 16.5. The van der Waals surface area contributed by atoms with E-state index >= 15 is 0 Å². The van der Waals surface area contributed by atoms with E-state index in [0.717, 1.165) is 52.7 Å². The third kappa shape index (κ3) is 5.93. The van der Waals surface area contributed by atoms with E-state index < -0.39 is 0 Å². The van der Waals surface area contributed by atoms with Crippen molar-refractivity contribution in [3.8, 4) is 17.0 Å². The van der Waals surface area contributed by atoms with Crippen molar-refractivity contribution in [1.29, 1.82) is 0 Å². The Hall–Kier alpha value is -3.66. The quantitative estimate of drug-likeness (QED) is 0.233. The van der Waals surface area contributed by atoms with Gasteiger partial charge in [-0.25, -0.2) is 4.98 Å². The average molecular weight is 481 g/mol. The molecule has 0 saturated heterocycles. The van der Waals surface area contributed by atoms with Gasteiger partial charge >= 0.3 is 0 Å². The fourth-order valence-corrected chi connectivity index (χ4v) is 4.36. The second kappa shape index (κ2) is 11.9. The van der Waals surface area contributed by atoms with Gasteiger partial charge in [0.1, 0.15) is 5.75 Å². The van der Waals surface area contributed by atoms with E-state index in [1.165, 1.54) is 5.56 Å². The lowest BCUT2D eigenvalue weighted by atomic mass is 9.97. The summed E-state index contributed by atoms with van der Waals surface area (Å²) in [7, 11) is 0. The maximum atomic E-state index is 13.6. The molecule has 1 heterocycles. The van der Waals surface area contributed by atoms with Crippen LogP contribution in [0.25, 0.3) is 22.2 Å². The number of benzene rings is 3. The summed E-state index contributed by atoms with van der Waals surface area (Å²) in [5.41, 5.74) is 5.53. The third-order valence-corrected chi connectivity index (χ3v) is 6.58. The van der Waals surface area contributed by atoms with Crippen LogP contribution in [0, 0.1) is 0 Å². The van der Waals surface area contributed by atoms with Gasteiger partial charge in [-0.05, 0) is 54.2 Å². The number of para-hydroxylation sites is 1. The number of aromatic nitrogens is 1. The average Bonchev–Trinajstić information content (AvgIpc) is 2.91. The Morgan fingerprint density at radius 3 is 2.39 bits per heavy atom. The minimum atomic E-state index is -0.0926. The SMILES string of the molecule is CCCCOc1cccc(-c2cc(C(=O)N[C@@H](CC)c3ccc(C(C)C)cc3)c3ccccc3n2)c1. The number of nitrogens with one attached hydrogen (secondary N) is 1. The van der Waals surface area contributed by atoms with Crippen molar-refractivity contribution in [3.05, 3.63) is 95.6 Å². The minimum Gasteiger partial charge on any atom is -0.494 e. The van der Waals surface area contributed by atoms with Crippen LogP contribution in [0.2, 0.25) is 0 Å². The first-order valence-corrected chi connectivity index (χ1v) is 13.0. The number of carbonyl (C=O) groups excluding carboxylic acids is 1. The molecule has 1 N–H and O–H groups in total. The molecule has 3 aromatic carbocycles. The first-order valence-electron chi connectivity index (χ1n) is 13.0. The molecule has 186 valence electrons. The van der Waals surface area contributed by atoms with Crippen molar-refractivity contribution < 1.29 is 9.53 Å². The molecule has 0 unspecified atom stereocenters. The lowest BCUT2D eigenvalue weighted by Gasteiger charge is -2.19. The molecule has 4 rings (SSSR count). The Labute approximate surface area is 214 Å². The van der Waals surface area contributed by atoms with E-state index in [1.807, 2.05) is 54.6 Å². The summed E-state index contributed by atoms with van der Waals surface area (Å²) in [6, 6.07) is 26.2. The van der Waals surface area contributed by atoms with Gasteiger partial charge in [0.05, 0.1) is 29.4 Å². The van der Waals surface area contributed by atoms with Gasteiger partial charge in [-0.15, -0.1) is 0 Å². The molecule has 0 fully saturated rings. The second-order valence-corrected chi connectivity index (χ2v) is 9.56. The number of hydrogen-bond donors (Lipinski definition) is 1. The zero-order valence-electron chi connectivity index (χ0n) is 21.8. The molecule has 0 aliphatic carbocycles. The van der Waals surface area contributed by atoms with Gasteiger partial charge in [0, 0.05) is 10.9 Å². The molecule has 0 bridgehead atoms. The van der Waals surface area contributed by atoms with Gasteiger partial charge in [0.2, 0.25) is 0 Å². The number of amides is 1. The van der Waals surface area contributed by atoms with E-state index in [0.29, 0.717) is 18.1 Å². The number of ether oxygens (including phenoxy) is 1. The first kappa shape index (κ1) is 25.4. The van der Waals surface area contributed by atoms with Crippen molar-refractivity contribution in [3.63, 3.8) is 0 Å². The van der Waals surface area contributed by atoms with Crippen LogP contribution in [-0.4, -0.2) is 17.5 Å². The molecule has 36 heavy (non-hydrogen) atoms. The molecular weight excluding hydrogens is 444 g/mol. The van der Waals surface area contributed by atoms with E-state index in [4.69, 9.17) is 9.72 Å². The number of carbonyl (C=O) groups is 1. The van der Waals surface area contributed by atoms with Crippen LogP contribution >= 0.6 is 0 Å². The van der Waals surface area contributed by atoms with Crippen LogP contribution in [0.5, 0.6) is 5.75 Å². The number of hydrogen-bond acceptors (Lipinski definition) is 3. The summed E-state index contributed by atoms with van der Waals surface area (Å²) < 4.78 is 5.91. The smallest absolute Gasteiger partial charge is 0.252 e. The summed E-state index contributed by atoms with van der Waals surface area (Å²) in [4.78, 5) is 18.5. The Bertz CT molecular complexity index is 1310. The van der Waals surface area contributed by atoms with Gasteiger partial charge < -0.3 is 10.1 Å². The van der Waals surface area contributed by atoms with Crippen LogP contribution in [0.4, 0.5) is 0 Å². The van der Waals surface area contributed by atoms with Gasteiger partial charge in [-0.1, -0.05) is 88.7 Å². The molecule has 4 heteroatoms. The van der Waals surface area contributed by atoms with Crippen molar-refractivity contribution in [2.75, 3.05) is 6.61 Å². The van der Waals surface area contributed by atoms with Crippen LogP contribution < -0.4 is 10.1 Å². The van der Waals surface area contributed by atoms with Crippen molar-refractivity contribution in [2.24, 2.45) is 0 Å². The second-order valence-electron chi connectivity index (χ2n) is 9.56. The molecule has 0 aliphatic rings.